The minimum atomic E-state index is -4.69. The zero-order chi connectivity index (χ0) is 18.7. The molecule has 134 valence electrons. The summed E-state index contributed by atoms with van der Waals surface area (Å²) in [5, 5.41) is 4.22. The van der Waals surface area contributed by atoms with Crippen LogP contribution in [-0.4, -0.2) is 23.3 Å². The van der Waals surface area contributed by atoms with Gasteiger partial charge in [0.2, 0.25) is 5.82 Å². The normalized spacial score (nSPS) is 11.9. The smallest absolute Gasteiger partial charge is 0.451 e. The fourth-order valence-corrected chi connectivity index (χ4v) is 2.22. The summed E-state index contributed by atoms with van der Waals surface area (Å²) in [4.78, 5) is 7.01. The molecule has 0 atom stereocenters. The van der Waals surface area contributed by atoms with Crippen LogP contribution in [0.2, 0.25) is 0 Å². The van der Waals surface area contributed by atoms with Crippen molar-refractivity contribution in [1.82, 2.24) is 9.97 Å². The SMILES string of the molecule is COc1ccc(/C=N\Nc2nc(C(F)(F)F)nc3ccccc23)cc1F. The van der Waals surface area contributed by atoms with Gasteiger partial charge in [0.15, 0.2) is 17.4 Å². The molecule has 1 N–H and O–H groups in total. The Kier molecular flexibility index (Phi) is 4.70. The Morgan fingerprint density at radius 2 is 1.88 bits per heavy atom. The number of hydrazone groups is 1. The molecule has 0 unspecified atom stereocenters. The lowest BCUT2D eigenvalue weighted by Crippen LogP contribution is -2.12. The Morgan fingerprint density at radius 1 is 1.12 bits per heavy atom. The number of hydrogen-bond donors (Lipinski definition) is 1. The molecule has 0 aliphatic rings. The predicted molar refractivity (Wildman–Crippen MR) is 88.7 cm³/mol. The molecule has 0 aliphatic heterocycles. The third-order valence-electron chi connectivity index (χ3n) is 3.42. The summed E-state index contributed by atoms with van der Waals surface area (Å²) in [7, 11) is 1.34. The molecular weight excluding hydrogens is 352 g/mol. The molecule has 0 radical (unpaired) electrons. The standard InChI is InChI=1S/C17H12F4N4O/c1-26-14-7-6-10(8-12(14)18)9-22-25-15-11-4-2-3-5-13(11)23-16(24-15)17(19,20)21/h2-9H,1H3,(H,23,24,25)/b22-9-. The van der Waals surface area contributed by atoms with E-state index in [1.165, 1.54) is 31.5 Å². The summed E-state index contributed by atoms with van der Waals surface area (Å²) in [6, 6.07) is 10.4. The average Bonchev–Trinajstić information content (AvgIpc) is 2.61. The van der Waals surface area contributed by atoms with Crippen LogP contribution < -0.4 is 10.2 Å². The van der Waals surface area contributed by atoms with E-state index < -0.39 is 17.8 Å². The fraction of sp³-hybridized carbons (Fsp3) is 0.118. The summed E-state index contributed by atoms with van der Waals surface area (Å²) in [6.07, 6.45) is -3.43. The first-order valence-electron chi connectivity index (χ1n) is 7.35. The van der Waals surface area contributed by atoms with Gasteiger partial charge in [-0.3, -0.25) is 5.43 Å². The van der Waals surface area contributed by atoms with E-state index in [0.29, 0.717) is 10.9 Å². The highest BCUT2D eigenvalue weighted by Crippen LogP contribution is 2.30. The highest BCUT2D eigenvalue weighted by Gasteiger charge is 2.35. The topological polar surface area (TPSA) is 59.4 Å². The second-order valence-electron chi connectivity index (χ2n) is 5.17. The Balaban J connectivity index is 1.91. The van der Waals surface area contributed by atoms with Gasteiger partial charge >= 0.3 is 6.18 Å². The maximum atomic E-state index is 13.6. The number of para-hydroxylation sites is 1. The third kappa shape index (κ3) is 3.71. The number of benzene rings is 2. The molecule has 3 rings (SSSR count). The van der Waals surface area contributed by atoms with Crippen molar-refractivity contribution < 1.29 is 22.3 Å². The van der Waals surface area contributed by atoms with Crippen molar-refractivity contribution in [3.63, 3.8) is 0 Å². The van der Waals surface area contributed by atoms with Crippen LogP contribution in [0, 0.1) is 5.82 Å². The summed E-state index contributed by atoms with van der Waals surface area (Å²) in [5.41, 5.74) is 2.98. The third-order valence-corrected chi connectivity index (χ3v) is 3.42. The van der Waals surface area contributed by atoms with Crippen molar-refractivity contribution in [2.75, 3.05) is 12.5 Å². The van der Waals surface area contributed by atoms with Gasteiger partial charge in [-0.25, -0.2) is 14.4 Å². The van der Waals surface area contributed by atoms with E-state index in [1.807, 2.05) is 0 Å². The first-order chi connectivity index (χ1) is 12.4. The van der Waals surface area contributed by atoms with Crippen molar-refractivity contribution in [3.05, 3.63) is 59.7 Å². The molecule has 0 amide bonds. The zero-order valence-electron chi connectivity index (χ0n) is 13.4. The molecule has 26 heavy (non-hydrogen) atoms. The minimum absolute atomic E-state index is 0.0757. The van der Waals surface area contributed by atoms with E-state index in [0.717, 1.165) is 0 Å². The second-order valence-corrected chi connectivity index (χ2v) is 5.17. The summed E-state index contributed by atoms with van der Waals surface area (Å²) in [6.45, 7) is 0. The highest BCUT2D eigenvalue weighted by molar-refractivity contribution is 5.89. The number of ether oxygens (including phenoxy) is 1. The molecule has 0 bridgehead atoms. The lowest BCUT2D eigenvalue weighted by Gasteiger charge is -2.09. The van der Waals surface area contributed by atoms with Crippen LogP contribution in [0.15, 0.2) is 47.6 Å². The maximum Gasteiger partial charge on any atom is 0.451 e. The van der Waals surface area contributed by atoms with Gasteiger partial charge in [-0.05, 0) is 35.9 Å². The molecule has 1 aromatic heterocycles. The zero-order valence-corrected chi connectivity index (χ0v) is 13.4. The van der Waals surface area contributed by atoms with Gasteiger partial charge in [-0.2, -0.15) is 18.3 Å². The van der Waals surface area contributed by atoms with E-state index in [2.05, 4.69) is 20.5 Å². The molecule has 0 spiro atoms. The van der Waals surface area contributed by atoms with Crippen LogP contribution in [0.1, 0.15) is 11.4 Å². The van der Waals surface area contributed by atoms with E-state index in [1.54, 1.807) is 24.3 Å². The van der Waals surface area contributed by atoms with Crippen LogP contribution in [-0.2, 0) is 6.18 Å². The van der Waals surface area contributed by atoms with Crippen LogP contribution in [0.4, 0.5) is 23.4 Å². The summed E-state index contributed by atoms with van der Waals surface area (Å²) < 4.78 is 57.3. The number of hydrogen-bond acceptors (Lipinski definition) is 5. The largest absolute Gasteiger partial charge is 0.494 e. The van der Waals surface area contributed by atoms with Gasteiger partial charge in [0.05, 0.1) is 18.8 Å². The number of nitrogens with one attached hydrogen (secondary N) is 1. The van der Waals surface area contributed by atoms with Crippen molar-refractivity contribution >= 4 is 22.9 Å². The molecular formula is C17H12F4N4O. The number of aromatic nitrogens is 2. The molecule has 9 heteroatoms. The molecule has 0 saturated heterocycles. The number of alkyl halides is 3. The Labute approximate surface area is 145 Å². The quantitative estimate of drug-likeness (QED) is 0.427. The molecule has 0 fully saturated rings. The molecule has 3 aromatic rings. The Hall–Kier alpha value is -3.23. The summed E-state index contributed by atoms with van der Waals surface area (Å²) in [5.74, 6) is -1.88. The number of anilines is 1. The van der Waals surface area contributed by atoms with E-state index in [9.17, 15) is 17.6 Å². The number of rotatable bonds is 4. The molecule has 1 heterocycles. The number of nitrogens with zero attached hydrogens (tertiary/aromatic N) is 3. The molecule has 5 nitrogen and oxygen atoms in total. The molecule has 0 aliphatic carbocycles. The van der Waals surface area contributed by atoms with E-state index in [4.69, 9.17) is 4.74 Å². The van der Waals surface area contributed by atoms with Crippen molar-refractivity contribution in [2.45, 2.75) is 6.18 Å². The van der Waals surface area contributed by atoms with Crippen LogP contribution in [0.5, 0.6) is 5.75 Å². The lowest BCUT2D eigenvalue weighted by molar-refractivity contribution is -0.144. The minimum Gasteiger partial charge on any atom is -0.494 e. The van der Waals surface area contributed by atoms with Crippen LogP contribution in [0.3, 0.4) is 0 Å². The van der Waals surface area contributed by atoms with Crippen molar-refractivity contribution in [3.8, 4) is 5.75 Å². The van der Waals surface area contributed by atoms with Gasteiger partial charge in [0, 0.05) is 5.39 Å². The monoisotopic (exact) mass is 364 g/mol. The number of halogens is 4. The van der Waals surface area contributed by atoms with Gasteiger partial charge in [0.25, 0.3) is 0 Å². The first-order valence-corrected chi connectivity index (χ1v) is 7.35. The number of methoxy groups -OCH3 is 1. The predicted octanol–water partition coefficient (Wildman–Crippen LogP) is 4.24. The second kappa shape index (κ2) is 6.95. The fourth-order valence-electron chi connectivity index (χ4n) is 2.22. The lowest BCUT2D eigenvalue weighted by atomic mass is 10.2. The van der Waals surface area contributed by atoms with E-state index >= 15 is 0 Å². The maximum absolute atomic E-state index is 13.6. The number of fused-ring (bicyclic) bond motifs is 1. The molecule has 0 saturated carbocycles. The van der Waals surface area contributed by atoms with Crippen molar-refractivity contribution in [1.29, 1.82) is 0 Å². The Morgan fingerprint density at radius 3 is 2.58 bits per heavy atom. The van der Waals surface area contributed by atoms with Crippen molar-refractivity contribution in [2.24, 2.45) is 5.10 Å². The van der Waals surface area contributed by atoms with Gasteiger partial charge in [-0.15, -0.1) is 0 Å². The van der Waals surface area contributed by atoms with Gasteiger partial charge in [0.1, 0.15) is 0 Å². The Bertz CT molecular complexity index is 973. The van der Waals surface area contributed by atoms with Crippen LogP contribution >= 0.6 is 0 Å². The molecule has 2 aromatic carbocycles. The average molecular weight is 364 g/mol. The van der Waals surface area contributed by atoms with Crippen LogP contribution in [0.25, 0.3) is 10.9 Å². The highest BCUT2D eigenvalue weighted by atomic mass is 19.4. The van der Waals surface area contributed by atoms with Gasteiger partial charge in [-0.1, -0.05) is 12.1 Å². The van der Waals surface area contributed by atoms with Gasteiger partial charge < -0.3 is 4.74 Å². The summed E-state index contributed by atoms with van der Waals surface area (Å²) >= 11 is 0. The first kappa shape index (κ1) is 17.6. The van der Waals surface area contributed by atoms with E-state index in [-0.39, 0.29) is 17.1 Å².